The van der Waals surface area contributed by atoms with Crippen LogP contribution in [0.3, 0.4) is 0 Å². The first-order valence-electron chi connectivity index (χ1n) is 6.32. The molecule has 0 saturated carbocycles. The largest absolute Gasteiger partial charge is 0.491 e. The van der Waals surface area contributed by atoms with Gasteiger partial charge in [0.25, 0.3) is 0 Å². The van der Waals surface area contributed by atoms with E-state index in [2.05, 4.69) is 12.2 Å². The highest BCUT2D eigenvalue weighted by Gasteiger charge is 2.00. The van der Waals surface area contributed by atoms with E-state index in [1.807, 2.05) is 38.1 Å². The molecule has 3 nitrogen and oxygen atoms in total. The van der Waals surface area contributed by atoms with Gasteiger partial charge in [0.15, 0.2) is 0 Å². The minimum Gasteiger partial charge on any atom is -0.491 e. The van der Waals surface area contributed by atoms with Crippen LogP contribution in [0.5, 0.6) is 5.75 Å². The van der Waals surface area contributed by atoms with Crippen molar-refractivity contribution in [3.8, 4) is 5.75 Å². The fraction of sp³-hybridized carbons (Fsp3) is 0.571. The lowest BCUT2D eigenvalue weighted by Gasteiger charge is -2.12. The summed E-state index contributed by atoms with van der Waals surface area (Å²) < 4.78 is 5.58. The van der Waals surface area contributed by atoms with Gasteiger partial charge >= 0.3 is 0 Å². The predicted octanol–water partition coefficient (Wildman–Crippen LogP) is 2.87. The number of nitrogens with two attached hydrogens (primary N) is 1. The molecular formula is C14H24N2O. The van der Waals surface area contributed by atoms with Crippen molar-refractivity contribution in [2.45, 2.75) is 33.3 Å². The highest BCUT2D eigenvalue weighted by atomic mass is 16.5. The summed E-state index contributed by atoms with van der Waals surface area (Å²) in [5.74, 6) is 1.49. The standard InChI is InChI=1S/C14H24N2O/c1-11(2)17-14-6-4-13(5-7-14)16-9-8-12(3)10-15/h4-7,11-12,16H,8-10,15H2,1-3H3. The molecule has 0 aromatic heterocycles. The van der Waals surface area contributed by atoms with Gasteiger partial charge in [-0.05, 0) is 57.0 Å². The molecule has 0 heterocycles. The van der Waals surface area contributed by atoms with Crippen LogP contribution in [-0.4, -0.2) is 19.2 Å². The topological polar surface area (TPSA) is 47.3 Å². The molecule has 0 bridgehead atoms. The predicted molar refractivity (Wildman–Crippen MR) is 73.5 cm³/mol. The average Bonchev–Trinajstić information content (AvgIpc) is 2.30. The van der Waals surface area contributed by atoms with Gasteiger partial charge in [-0.3, -0.25) is 0 Å². The zero-order valence-corrected chi connectivity index (χ0v) is 11.1. The zero-order chi connectivity index (χ0) is 12.7. The van der Waals surface area contributed by atoms with Crippen molar-refractivity contribution in [3.05, 3.63) is 24.3 Å². The van der Waals surface area contributed by atoms with Crippen LogP contribution in [0, 0.1) is 5.92 Å². The van der Waals surface area contributed by atoms with Gasteiger partial charge in [-0.2, -0.15) is 0 Å². The van der Waals surface area contributed by atoms with E-state index in [0.29, 0.717) is 5.92 Å². The third-order valence-corrected chi connectivity index (χ3v) is 2.59. The van der Waals surface area contributed by atoms with Crippen molar-refractivity contribution in [2.24, 2.45) is 11.7 Å². The van der Waals surface area contributed by atoms with Gasteiger partial charge in [-0.25, -0.2) is 0 Å². The molecule has 3 N–H and O–H groups in total. The van der Waals surface area contributed by atoms with Gasteiger partial charge < -0.3 is 15.8 Å². The highest BCUT2D eigenvalue weighted by Crippen LogP contribution is 2.17. The number of rotatable bonds is 7. The number of hydrogen-bond donors (Lipinski definition) is 2. The summed E-state index contributed by atoms with van der Waals surface area (Å²) in [6.45, 7) is 7.94. The van der Waals surface area contributed by atoms with Crippen molar-refractivity contribution >= 4 is 5.69 Å². The van der Waals surface area contributed by atoms with Gasteiger partial charge in [0, 0.05) is 12.2 Å². The Morgan fingerprint density at radius 1 is 1.18 bits per heavy atom. The maximum absolute atomic E-state index is 5.58. The Balaban J connectivity index is 2.35. The number of benzene rings is 1. The van der Waals surface area contributed by atoms with E-state index in [9.17, 15) is 0 Å². The first-order valence-corrected chi connectivity index (χ1v) is 6.32. The molecule has 3 heteroatoms. The van der Waals surface area contributed by atoms with Crippen LogP contribution >= 0.6 is 0 Å². The second-order valence-electron chi connectivity index (χ2n) is 4.75. The van der Waals surface area contributed by atoms with Crippen molar-refractivity contribution < 1.29 is 4.74 Å². The Morgan fingerprint density at radius 2 is 1.82 bits per heavy atom. The molecule has 0 saturated heterocycles. The Bertz CT molecular complexity index is 309. The fourth-order valence-electron chi connectivity index (χ4n) is 1.50. The molecule has 1 aromatic rings. The van der Waals surface area contributed by atoms with Crippen molar-refractivity contribution in [2.75, 3.05) is 18.4 Å². The minimum atomic E-state index is 0.221. The van der Waals surface area contributed by atoms with E-state index in [0.717, 1.165) is 30.9 Å². The lowest BCUT2D eigenvalue weighted by molar-refractivity contribution is 0.242. The molecule has 17 heavy (non-hydrogen) atoms. The Morgan fingerprint density at radius 3 is 2.35 bits per heavy atom. The third-order valence-electron chi connectivity index (χ3n) is 2.59. The number of nitrogens with one attached hydrogen (secondary N) is 1. The van der Waals surface area contributed by atoms with Crippen LogP contribution in [0.25, 0.3) is 0 Å². The maximum atomic E-state index is 5.58. The Kier molecular flexibility index (Phi) is 5.84. The van der Waals surface area contributed by atoms with E-state index >= 15 is 0 Å². The summed E-state index contributed by atoms with van der Waals surface area (Å²) in [6, 6.07) is 8.08. The minimum absolute atomic E-state index is 0.221. The number of hydrogen-bond acceptors (Lipinski definition) is 3. The summed E-state index contributed by atoms with van der Waals surface area (Å²) in [5.41, 5.74) is 6.70. The van der Waals surface area contributed by atoms with Crippen molar-refractivity contribution in [1.29, 1.82) is 0 Å². The summed E-state index contributed by atoms with van der Waals surface area (Å²) in [7, 11) is 0. The van der Waals surface area contributed by atoms with Crippen molar-refractivity contribution in [3.63, 3.8) is 0 Å². The molecule has 0 aliphatic heterocycles. The molecule has 0 aliphatic carbocycles. The normalized spacial score (nSPS) is 12.5. The summed E-state index contributed by atoms with van der Waals surface area (Å²) in [6.07, 6.45) is 1.32. The second kappa shape index (κ2) is 7.17. The molecule has 96 valence electrons. The van der Waals surface area contributed by atoms with Crippen LogP contribution in [0.4, 0.5) is 5.69 Å². The van der Waals surface area contributed by atoms with Gasteiger partial charge in [-0.15, -0.1) is 0 Å². The van der Waals surface area contributed by atoms with E-state index in [-0.39, 0.29) is 6.10 Å². The summed E-state index contributed by atoms with van der Waals surface area (Å²) in [5, 5.41) is 3.38. The average molecular weight is 236 g/mol. The molecule has 0 aliphatic rings. The molecule has 1 rings (SSSR count). The molecular weight excluding hydrogens is 212 g/mol. The third kappa shape index (κ3) is 5.59. The summed E-state index contributed by atoms with van der Waals surface area (Å²) in [4.78, 5) is 0. The molecule has 0 fully saturated rings. The van der Waals surface area contributed by atoms with E-state index in [1.54, 1.807) is 0 Å². The van der Waals surface area contributed by atoms with Crippen LogP contribution in [0.15, 0.2) is 24.3 Å². The van der Waals surface area contributed by atoms with Crippen LogP contribution in [0.2, 0.25) is 0 Å². The molecule has 0 amide bonds. The molecule has 1 atom stereocenters. The Labute approximate surface area is 104 Å². The smallest absolute Gasteiger partial charge is 0.119 e. The van der Waals surface area contributed by atoms with E-state index < -0.39 is 0 Å². The van der Waals surface area contributed by atoms with Crippen molar-refractivity contribution in [1.82, 2.24) is 0 Å². The monoisotopic (exact) mass is 236 g/mol. The second-order valence-corrected chi connectivity index (χ2v) is 4.75. The number of anilines is 1. The summed E-state index contributed by atoms with van der Waals surface area (Å²) >= 11 is 0. The quantitative estimate of drug-likeness (QED) is 0.765. The molecule has 0 spiro atoms. The van der Waals surface area contributed by atoms with Gasteiger partial charge in [0.1, 0.15) is 5.75 Å². The van der Waals surface area contributed by atoms with Crippen LogP contribution in [-0.2, 0) is 0 Å². The highest BCUT2D eigenvalue weighted by molar-refractivity contribution is 5.46. The zero-order valence-electron chi connectivity index (χ0n) is 11.1. The molecule has 1 aromatic carbocycles. The van der Waals surface area contributed by atoms with Crippen LogP contribution in [0.1, 0.15) is 27.2 Å². The van der Waals surface area contributed by atoms with E-state index in [1.165, 1.54) is 0 Å². The molecule has 0 radical (unpaired) electrons. The SMILES string of the molecule is CC(CN)CCNc1ccc(OC(C)C)cc1. The lowest BCUT2D eigenvalue weighted by Crippen LogP contribution is -2.14. The van der Waals surface area contributed by atoms with Crippen LogP contribution < -0.4 is 15.8 Å². The van der Waals surface area contributed by atoms with Gasteiger partial charge in [0.2, 0.25) is 0 Å². The first-order chi connectivity index (χ1) is 8.11. The van der Waals surface area contributed by atoms with Gasteiger partial charge in [0.05, 0.1) is 6.10 Å². The lowest BCUT2D eigenvalue weighted by atomic mass is 10.1. The number of ether oxygens (including phenoxy) is 1. The van der Waals surface area contributed by atoms with E-state index in [4.69, 9.17) is 10.5 Å². The molecule has 1 unspecified atom stereocenters. The first kappa shape index (κ1) is 13.8. The maximum Gasteiger partial charge on any atom is 0.119 e. The fourth-order valence-corrected chi connectivity index (χ4v) is 1.50. The Hall–Kier alpha value is -1.22. The van der Waals surface area contributed by atoms with Gasteiger partial charge in [-0.1, -0.05) is 6.92 Å².